The van der Waals surface area contributed by atoms with E-state index in [2.05, 4.69) is 27.1 Å². The lowest BCUT2D eigenvalue weighted by molar-refractivity contribution is 0.160. The van der Waals surface area contributed by atoms with Crippen molar-refractivity contribution in [3.63, 3.8) is 0 Å². The van der Waals surface area contributed by atoms with Crippen LogP contribution in [0.1, 0.15) is 38.4 Å². The highest BCUT2D eigenvalue weighted by Gasteiger charge is 2.17. The fraction of sp³-hybridized carbons (Fsp3) is 0.733. The maximum atomic E-state index is 5.77. The van der Waals surface area contributed by atoms with Crippen LogP contribution in [0.15, 0.2) is 6.07 Å². The van der Waals surface area contributed by atoms with E-state index >= 15 is 0 Å². The van der Waals surface area contributed by atoms with Crippen LogP contribution in [0.3, 0.4) is 0 Å². The molecule has 1 aliphatic rings. The third-order valence-electron chi connectivity index (χ3n) is 3.93. The minimum absolute atomic E-state index is 0.380. The molecule has 1 unspecified atom stereocenters. The molecule has 0 spiro atoms. The molecule has 2 rings (SSSR count). The zero-order valence-electron chi connectivity index (χ0n) is 13.1. The second kappa shape index (κ2) is 8.14. The van der Waals surface area contributed by atoms with Gasteiger partial charge in [-0.3, -0.25) is 0 Å². The van der Waals surface area contributed by atoms with Gasteiger partial charge in [0.1, 0.15) is 18.2 Å². The summed E-state index contributed by atoms with van der Waals surface area (Å²) in [6, 6.07) is 2.49. The van der Waals surface area contributed by atoms with Gasteiger partial charge in [0.15, 0.2) is 5.82 Å². The predicted octanol–water partition coefficient (Wildman–Crippen LogP) is 1.88. The predicted molar refractivity (Wildman–Crippen MR) is 85.2 cm³/mol. The van der Waals surface area contributed by atoms with E-state index in [9.17, 15) is 0 Å². The molecule has 0 radical (unpaired) electrons. The van der Waals surface area contributed by atoms with Crippen LogP contribution in [0.25, 0.3) is 0 Å². The number of nitrogens with zero attached hydrogens (tertiary/aromatic N) is 3. The van der Waals surface area contributed by atoms with Gasteiger partial charge in [0.05, 0.1) is 0 Å². The minimum atomic E-state index is 0.380. The third kappa shape index (κ3) is 5.13. The van der Waals surface area contributed by atoms with Crippen LogP contribution in [0.4, 0.5) is 11.6 Å². The molecular weight excluding hydrogens is 266 g/mol. The number of methoxy groups -OCH3 is 1. The Labute approximate surface area is 127 Å². The number of anilines is 2. The second-order valence-corrected chi connectivity index (χ2v) is 5.69. The Balaban J connectivity index is 1.75. The molecule has 2 heterocycles. The van der Waals surface area contributed by atoms with Gasteiger partial charge in [-0.15, -0.1) is 0 Å². The van der Waals surface area contributed by atoms with Crippen molar-refractivity contribution in [2.45, 2.75) is 45.3 Å². The molecule has 1 aromatic rings. The summed E-state index contributed by atoms with van der Waals surface area (Å²) in [7, 11) is 1.62. The number of likely N-dealkylation sites (tertiary alicyclic amines) is 1. The normalized spacial score (nSPS) is 19.6. The topological polar surface area (TPSA) is 76.3 Å². The standard InChI is InChI=1S/C15H27N5O/c1-12-6-3-4-8-20(12)9-5-7-17-14-10-13(16)18-15(19-14)11-21-2/h10,12H,3-9,11H2,1-2H3,(H3,16,17,18,19). The molecule has 0 amide bonds. The van der Waals surface area contributed by atoms with Gasteiger partial charge in [0.2, 0.25) is 0 Å². The molecule has 1 aliphatic heterocycles. The Morgan fingerprint density at radius 3 is 3.05 bits per heavy atom. The Morgan fingerprint density at radius 2 is 2.29 bits per heavy atom. The average Bonchev–Trinajstić information content (AvgIpc) is 2.45. The summed E-state index contributed by atoms with van der Waals surface area (Å²) < 4.78 is 5.04. The number of nitrogens with one attached hydrogen (secondary N) is 1. The maximum Gasteiger partial charge on any atom is 0.158 e. The lowest BCUT2D eigenvalue weighted by atomic mass is 10.0. The van der Waals surface area contributed by atoms with Crippen molar-refractivity contribution in [1.29, 1.82) is 0 Å². The Bertz CT molecular complexity index is 440. The number of nitrogen functional groups attached to an aromatic ring is 1. The first kappa shape index (κ1) is 16.0. The number of hydrogen-bond acceptors (Lipinski definition) is 6. The van der Waals surface area contributed by atoms with Gasteiger partial charge >= 0.3 is 0 Å². The zero-order valence-corrected chi connectivity index (χ0v) is 13.1. The van der Waals surface area contributed by atoms with Gasteiger partial charge in [0.25, 0.3) is 0 Å². The van der Waals surface area contributed by atoms with E-state index in [1.165, 1.54) is 25.8 Å². The van der Waals surface area contributed by atoms with Crippen LogP contribution in [-0.4, -0.2) is 47.7 Å². The van der Waals surface area contributed by atoms with Crippen LogP contribution in [0.2, 0.25) is 0 Å². The SMILES string of the molecule is COCc1nc(N)cc(NCCCN2CCCCC2C)n1. The summed E-state index contributed by atoms with van der Waals surface area (Å²) >= 11 is 0. The summed E-state index contributed by atoms with van der Waals surface area (Å²) in [5.41, 5.74) is 5.77. The van der Waals surface area contributed by atoms with Crippen LogP contribution in [0, 0.1) is 0 Å². The quantitative estimate of drug-likeness (QED) is 0.748. The lowest BCUT2D eigenvalue weighted by Gasteiger charge is -2.33. The van der Waals surface area contributed by atoms with Crippen molar-refractivity contribution in [2.24, 2.45) is 0 Å². The lowest BCUT2D eigenvalue weighted by Crippen LogP contribution is -2.38. The summed E-state index contributed by atoms with van der Waals surface area (Å²) in [6.45, 7) is 5.98. The molecule has 21 heavy (non-hydrogen) atoms. The van der Waals surface area contributed by atoms with Gasteiger partial charge in [0, 0.05) is 32.3 Å². The molecule has 1 aromatic heterocycles. The van der Waals surface area contributed by atoms with Crippen LogP contribution >= 0.6 is 0 Å². The van der Waals surface area contributed by atoms with Crippen molar-refractivity contribution in [3.05, 3.63) is 11.9 Å². The van der Waals surface area contributed by atoms with Crippen molar-refractivity contribution in [2.75, 3.05) is 37.8 Å². The molecule has 118 valence electrons. The first-order chi connectivity index (χ1) is 10.2. The number of piperidine rings is 1. The highest BCUT2D eigenvalue weighted by atomic mass is 16.5. The van der Waals surface area contributed by atoms with Crippen LogP contribution in [-0.2, 0) is 11.3 Å². The van der Waals surface area contributed by atoms with E-state index < -0.39 is 0 Å². The number of hydrogen-bond donors (Lipinski definition) is 2. The van der Waals surface area contributed by atoms with E-state index in [4.69, 9.17) is 10.5 Å². The smallest absolute Gasteiger partial charge is 0.158 e. The van der Waals surface area contributed by atoms with Crippen molar-refractivity contribution < 1.29 is 4.74 Å². The first-order valence-corrected chi connectivity index (χ1v) is 7.79. The largest absolute Gasteiger partial charge is 0.384 e. The Hall–Kier alpha value is -1.40. The van der Waals surface area contributed by atoms with Gasteiger partial charge in [-0.2, -0.15) is 0 Å². The van der Waals surface area contributed by atoms with Gasteiger partial charge in [-0.1, -0.05) is 6.42 Å². The van der Waals surface area contributed by atoms with Gasteiger partial charge < -0.3 is 20.7 Å². The molecule has 3 N–H and O–H groups in total. The third-order valence-corrected chi connectivity index (χ3v) is 3.93. The van der Waals surface area contributed by atoms with E-state index in [0.29, 0.717) is 18.2 Å². The fourth-order valence-corrected chi connectivity index (χ4v) is 2.79. The van der Waals surface area contributed by atoms with Gasteiger partial charge in [-0.25, -0.2) is 9.97 Å². The summed E-state index contributed by atoms with van der Waals surface area (Å²) in [6.07, 6.45) is 5.14. The molecule has 0 aromatic carbocycles. The fourth-order valence-electron chi connectivity index (χ4n) is 2.79. The average molecular weight is 293 g/mol. The molecule has 6 heteroatoms. The highest BCUT2D eigenvalue weighted by molar-refractivity contribution is 5.44. The molecule has 1 fully saturated rings. The number of aromatic nitrogens is 2. The monoisotopic (exact) mass is 293 g/mol. The number of ether oxygens (including phenoxy) is 1. The molecule has 1 atom stereocenters. The van der Waals surface area contributed by atoms with Crippen molar-refractivity contribution in [3.8, 4) is 0 Å². The Kier molecular flexibility index (Phi) is 6.20. The molecule has 1 saturated heterocycles. The summed E-state index contributed by atoms with van der Waals surface area (Å²) in [4.78, 5) is 11.1. The van der Waals surface area contributed by atoms with E-state index in [-0.39, 0.29) is 0 Å². The summed E-state index contributed by atoms with van der Waals surface area (Å²) in [5, 5.41) is 3.33. The summed E-state index contributed by atoms with van der Waals surface area (Å²) in [5.74, 6) is 1.87. The molecule has 0 saturated carbocycles. The maximum absolute atomic E-state index is 5.77. The highest BCUT2D eigenvalue weighted by Crippen LogP contribution is 2.16. The first-order valence-electron chi connectivity index (χ1n) is 7.79. The van der Waals surface area contributed by atoms with E-state index in [1.54, 1.807) is 13.2 Å². The minimum Gasteiger partial charge on any atom is -0.384 e. The molecule has 0 aliphatic carbocycles. The van der Waals surface area contributed by atoms with Crippen LogP contribution in [0.5, 0.6) is 0 Å². The Morgan fingerprint density at radius 1 is 1.43 bits per heavy atom. The number of nitrogens with two attached hydrogens (primary N) is 1. The molecule has 6 nitrogen and oxygen atoms in total. The van der Waals surface area contributed by atoms with E-state index in [0.717, 1.165) is 31.4 Å². The van der Waals surface area contributed by atoms with Crippen LogP contribution < -0.4 is 11.1 Å². The van der Waals surface area contributed by atoms with E-state index in [1.807, 2.05) is 0 Å². The van der Waals surface area contributed by atoms with Crippen molar-refractivity contribution >= 4 is 11.6 Å². The van der Waals surface area contributed by atoms with Gasteiger partial charge in [-0.05, 0) is 32.7 Å². The number of rotatable bonds is 7. The second-order valence-electron chi connectivity index (χ2n) is 5.69. The molecular formula is C15H27N5O. The molecule has 0 bridgehead atoms. The zero-order chi connectivity index (χ0) is 15.1. The van der Waals surface area contributed by atoms with Crippen molar-refractivity contribution in [1.82, 2.24) is 14.9 Å².